The van der Waals surface area contributed by atoms with Gasteiger partial charge in [0.1, 0.15) is 11.6 Å². The molecule has 4 N–H and O–H groups in total. The van der Waals surface area contributed by atoms with Crippen LogP contribution in [0.3, 0.4) is 0 Å². The van der Waals surface area contributed by atoms with E-state index >= 15 is 0 Å². The molecule has 0 atom stereocenters. The standard InChI is InChI=1S/C17H16FN3O4/c18-12-4-2-5-13(8-12)21-16(23)10-25-14-6-1-3-11(7-14)17(24)20-9-15(19)22/h1-8H,9-10H2,(H2,19,22)(H,20,24)(H,21,23). The van der Waals surface area contributed by atoms with Gasteiger partial charge in [-0.3, -0.25) is 14.4 Å². The number of anilines is 1. The van der Waals surface area contributed by atoms with Crippen LogP contribution in [0.5, 0.6) is 5.75 Å². The van der Waals surface area contributed by atoms with Crippen LogP contribution >= 0.6 is 0 Å². The molecule has 0 aliphatic carbocycles. The van der Waals surface area contributed by atoms with E-state index in [9.17, 15) is 18.8 Å². The van der Waals surface area contributed by atoms with Crippen molar-refractivity contribution in [1.29, 1.82) is 0 Å². The highest BCUT2D eigenvalue weighted by Gasteiger charge is 2.09. The number of hydrogen-bond acceptors (Lipinski definition) is 4. The molecule has 0 aromatic heterocycles. The Labute approximate surface area is 143 Å². The lowest BCUT2D eigenvalue weighted by molar-refractivity contribution is -0.118. The number of amides is 3. The number of ether oxygens (including phenoxy) is 1. The van der Waals surface area contributed by atoms with Crippen LogP contribution in [-0.4, -0.2) is 30.9 Å². The summed E-state index contributed by atoms with van der Waals surface area (Å²) >= 11 is 0. The van der Waals surface area contributed by atoms with E-state index in [0.29, 0.717) is 11.4 Å². The summed E-state index contributed by atoms with van der Waals surface area (Å²) in [6.45, 7) is -0.594. The van der Waals surface area contributed by atoms with Crippen molar-refractivity contribution in [3.05, 3.63) is 59.9 Å². The lowest BCUT2D eigenvalue weighted by Gasteiger charge is -2.09. The van der Waals surface area contributed by atoms with Crippen molar-refractivity contribution < 1.29 is 23.5 Å². The van der Waals surface area contributed by atoms with Crippen molar-refractivity contribution in [2.45, 2.75) is 0 Å². The monoisotopic (exact) mass is 345 g/mol. The highest BCUT2D eigenvalue weighted by atomic mass is 19.1. The van der Waals surface area contributed by atoms with Crippen molar-refractivity contribution in [2.75, 3.05) is 18.5 Å². The van der Waals surface area contributed by atoms with Crippen molar-refractivity contribution in [2.24, 2.45) is 5.73 Å². The van der Waals surface area contributed by atoms with Crippen molar-refractivity contribution in [1.82, 2.24) is 5.32 Å². The molecule has 0 saturated heterocycles. The number of carbonyl (C=O) groups excluding carboxylic acids is 3. The third-order valence-corrected chi connectivity index (χ3v) is 3.00. The van der Waals surface area contributed by atoms with Gasteiger partial charge in [-0.1, -0.05) is 12.1 Å². The number of nitrogens with one attached hydrogen (secondary N) is 2. The smallest absolute Gasteiger partial charge is 0.262 e. The molecule has 8 heteroatoms. The lowest BCUT2D eigenvalue weighted by atomic mass is 10.2. The molecule has 0 bridgehead atoms. The van der Waals surface area contributed by atoms with Crippen LogP contribution in [0.4, 0.5) is 10.1 Å². The van der Waals surface area contributed by atoms with Crippen LogP contribution in [0.1, 0.15) is 10.4 Å². The average Bonchev–Trinajstić information content (AvgIpc) is 2.58. The molecule has 0 unspecified atom stereocenters. The minimum absolute atomic E-state index is 0.254. The number of halogens is 1. The molecule has 0 heterocycles. The first-order chi connectivity index (χ1) is 11.9. The van der Waals surface area contributed by atoms with Gasteiger partial charge in [0.2, 0.25) is 5.91 Å². The number of benzene rings is 2. The first-order valence-electron chi connectivity index (χ1n) is 7.29. The van der Waals surface area contributed by atoms with Gasteiger partial charge < -0.3 is 21.1 Å². The van der Waals surface area contributed by atoms with E-state index in [1.807, 2.05) is 0 Å². The third kappa shape index (κ3) is 5.94. The number of rotatable bonds is 7. The van der Waals surface area contributed by atoms with Gasteiger partial charge in [-0.15, -0.1) is 0 Å². The first-order valence-corrected chi connectivity index (χ1v) is 7.29. The minimum atomic E-state index is -0.658. The lowest BCUT2D eigenvalue weighted by Crippen LogP contribution is -2.33. The van der Waals surface area contributed by atoms with Gasteiger partial charge in [0, 0.05) is 11.3 Å². The molecule has 0 aliphatic rings. The average molecular weight is 345 g/mol. The molecule has 0 spiro atoms. The molecule has 2 aromatic carbocycles. The topological polar surface area (TPSA) is 111 Å². The highest BCUT2D eigenvalue weighted by molar-refractivity contribution is 5.96. The molecule has 0 radical (unpaired) electrons. The van der Waals surface area contributed by atoms with Crippen molar-refractivity contribution in [3.63, 3.8) is 0 Å². The van der Waals surface area contributed by atoms with E-state index in [1.165, 1.54) is 30.3 Å². The Balaban J connectivity index is 1.90. The number of carbonyl (C=O) groups is 3. The second-order valence-corrected chi connectivity index (χ2v) is 5.02. The van der Waals surface area contributed by atoms with Crippen LogP contribution in [0.15, 0.2) is 48.5 Å². The van der Waals surface area contributed by atoms with E-state index in [1.54, 1.807) is 18.2 Å². The summed E-state index contributed by atoms with van der Waals surface area (Å²) in [5.74, 6) is -1.80. The summed E-state index contributed by atoms with van der Waals surface area (Å²) in [7, 11) is 0. The predicted molar refractivity (Wildman–Crippen MR) is 88.5 cm³/mol. The second-order valence-electron chi connectivity index (χ2n) is 5.02. The number of primary amides is 1. The van der Waals surface area contributed by atoms with Gasteiger partial charge in [0.25, 0.3) is 11.8 Å². The molecule has 3 amide bonds. The van der Waals surface area contributed by atoms with E-state index < -0.39 is 23.5 Å². The van der Waals surface area contributed by atoms with E-state index in [0.717, 1.165) is 0 Å². The molecule has 25 heavy (non-hydrogen) atoms. The first kappa shape index (κ1) is 17.9. The fraction of sp³-hybridized carbons (Fsp3) is 0.118. The molecule has 0 aliphatic heterocycles. The predicted octanol–water partition coefficient (Wildman–Crippen LogP) is 1.06. The summed E-state index contributed by atoms with van der Waals surface area (Å²) in [5.41, 5.74) is 5.52. The third-order valence-electron chi connectivity index (χ3n) is 3.00. The molecule has 130 valence electrons. The van der Waals surface area contributed by atoms with Gasteiger partial charge >= 0.3 is 0 Å². The molecule has 2 aromatic rings. The summed E-state index contributed by atoms with van der Waals surface area (Å²) in [6.07, 6.45) is 0. The van der Waals surface area contributed by atoms with Crippen LogP contribution in [0.2, 0.25) is 0 Å². The molecular formula is C17H16FN3O4. The Morgan fingerprint density at radius 2 is 1.84 bits per heavy atom. The van der Waals surface area contributed by atoms with Crippen molar-refractivity contribution in [3.8, 4) is 5.75 Å². The van der Waals surface area contributed by atoms with Crippen LogP contribution < -0.4 is 21.1 Å². The fourth-order valence-corrected chi connectivity index (χ4v) is 1.91. The minimum Gasteiger partial charge on any atom is -0.484 e. The normalized spacial score (nSPS) is 9.96. The van der Waals surface area contributed by atoms with Crippen LogP contribution in [0, 0.1) is 5.82 Å². The summed E-state index contributed by atoms with van der Waals surface area (Å²) in [5, 5.41) is 4.83. The Bertz CT molecular complexity index is 795. The molecule has 2 rings (SSSR count). The molecule has 0 saturated carbocycles. The Morgan fingerprint density at radius 3 is 2.56 bits per heavy atom. The maximum Gasteiger partial charge on any atom is 0.262 e. The van der Waals surface area contributed by atoms with Crippen molar-refractivity contribution >= 4 is 23.4 Å². The van der Waals surface area contributed by atoms with Gasteiger partial charge in [-0.2, -0.15) is 0 Å². The van der Waals surface area contributed by atoms with Crippen LogP contribution in [0.25, 0.3) is 0 Å². The largest absolute Gasteiger partial charge is 0.484 e. The molecule has 0 fully saturated rings. The number of hydrogen-bond donors (Lipinski definition) is 3. The SMILES string of the molecule is NC(=O)CNC(=O)c1cccc(OCC(=O)Nc2cccc(F)c2)c1. The Kier molecular flexibility index (Phi) is 6.05. The maximum absolute atomic E-state index is 13.1. The summed E-state index contributed by atoms with van der Waals surface area (Å²) in [4.78, 5) is 34.3. The molecule has 7 nitrogen and oxygen atoms in total. The Morgan fingerprint density at radius 1 is 1.08 bits per heavy atom. The van der Waals surface area contributed by atoms with E-state index in [4.69, 9.17) is 10.5 Å². The van der Waals surface area contributed by atoms with Gasteiger partial charge in [0.15, 0.2) is 6.61 Å². The van der Waals surface area contributed by atoms with Gasteiger partial charge in [0.05, 0.1) is 6.54 Å². The van der Waals surface area contributed by atoms with E-state index in [-0.39, 0.29) is 18.7 Å². The zero-order valence-electron chi connectivity index (χ0n) is 13.1. The van der Waals surface area contributed by atoms with Crippen LogP contribution in [-0.2, 0) is 9.59 Å². The Hall–Kier alpha value is -3.42. The van der Waals surface area contributed by atoms with E-state index in [2.05, 4.69) is 10.6 Å². The fourth-order valence-electron chi connectivity index (χ4n) is 1.91. The van der Waals surface area contributed by atoms with Gasteiger partial charge in [-0.05, 0) is 36.4 Å². The zero-order chi connectivity index (χ0) is 18.2. The summed E-state index contributed by atoms with van der Waals surface area (Å²) < 4.78 is 18.4. The number of nitrogens with two attached hydrogens (primary N) is 1. The highest BCUT2D eigenvalue weighted by Crippen LogP contribution is 2.14. The quantitative estimate of drug-likeness (QED) is 0.697. The maximum atomic E-state index is 13.1. The molecular weight excluding hydrogens is 329 g/mol. The second kappa shape index (κ2) is 8.44. The van der Waals surface area contributed by atoms with Gasteiger partial charge in [-0.25, -0.2) is 4.39 Å². The zero-order valence-corrected chi connectivity index (χ0v) is 13.1. The summed E-state index contributed by atoms with van der Waals surface area (Å²) in [6, 6.07) is 11.5.